The number of amides is 1. The third-order valence-corrected chi connectivity index (χ3v) is 6.25. The second-order valence-corrected chi connectivity index (χ2v) is 8.27. The van der Waals surface area contributed by atoms with Crippen LogP contribution in [0.5, 0.6) is 5.75 Å². The van der Waals surface area contributed by atoms with Gasteiger partial charge in [0.15, 0.2) is 11.4 Å². The number of pyridine rings is 1. The smallest absolute Gasteiger partial charge is 0.270 e. The first-order valence-corrected chi connectivity index (χ1v) is 9.83. The summed E-state index contributed by atoms with van der Waals surface area (Å²) in [5.41, 5.74) is -0.175. The fourth-order valence-corrected chi connectivity index (χ4v) is 4.61. The Hall–Kier alpha value is -2.41. The molecule has 1 N–H and O–H groups in total. The number of rotatable bonds is 3. The molecule has 4 aliphatic rings. The summed E-state index contributed by atoms with van der Waals surface area (Å²) in [6.45, 7) is 3.61. The summed E-state index contributed by atoms with van der Waals surface area (Å²) in [5.74, 6) is 1.01. The summed E-state index contributed by atoms with van der Waals surface area (Å²) in [6, 6.07) is 3.44. The largest absolute Gasteiger partial charge is 0.504 e. The fourth-order valence-electron chi connectivity index (χ4n) is 4.61. The van der Waals surface area contributed by atoms with Crippen molar-refractivity contribution in [1.82, 2.24) is 19.2 Å². The highest BCUT2D eigenvalue weighted by molar-refractivity contribution is 5.94. The molecule has 1 amide bonds. The van der Waals surface area contributed by atoms with Crippen LogP contribution >= 0.6 is 0 Å². The summed E-state index contributed by atoms with van der Waals surface area (Å²) >= 11 is 0. The van der Waals surface area contributed by atoms with Gasteiger partial charge in [-0.3, -0.25) is 18.9 Å². The maximum atomic E-state index is 13.2. The van der Waals surface area contributed by atoms with E-state index in [0.29, 0.717) is 25.0 Å². The van der Waals surface area contributed by atoms with Crippen molar-refractivity contribution in [3.05, 3.63) is 40.4 Å². The van der Waals surface area contributed by atoms with E-state index in [2.05, 4.69) is 9.88 Å². The first-order chi connectivity index (χ1) is 13.1. The average molecular weight is 368 g/mol. The van der Waals surface area contributed by atoms with Gasteiger partial charge >= 0.3 is 0 Å². The molecule has 4 fully saturated rings. The minimum absolute atomic E-state index is 0.0721. The third-order valence-electron chi connectivity index (χ3n) is 6.25. The van der Waals surface area contributed by atoms with Crippen LogP contribution in [0.3, 0.4) is 0 Å². The van der Waals surface area contributed by atoms with Crippen LogP contribution in [0.25, 0.3) is 5.65 Å². The molecule has 2 atom stereocenters. The maximum Gasteiger partial charge on any atom is 0.270 e. The van der Waals surface area contributed by atoms with Gasteiger partial charge in [-0.1, -0.05) is 0 Å². The molecule has 27 heavy (non-hydrogen) atoms. The van der Waals surface area contributed by atoms with E-state index in [1.165, 1.54) is 35.7 Å². The average Bonchev–Trinajstić information content (AvgIpc) is 3.50. The molecule has 7 nitrogen and oxygen atoms in total. The van der Waals surface area contributed by atoms with Crippen LogP contribution in [-0.4, -0.2) is 62.4 Å². The molecule has 2 aromatic heterocycles. The molecule has 142 valence electrons. The minimum atomic E-state index is -0.424. The second kappa shape index (κ2) is 6.34. The topological polar surface area (TPSA) is 78.1 Å². The van der Waals surface area contributed by atoms with E-state index in [4.69, 9.17) is 0 Å². The van der Waals surface area contributed by atoms with Crippen molar-refractivity contribution in [3.8, 4) is 5.75 Å². The minimum Gasteiger partial charge on any atom is -0.504 e. The Labute approximate surface area is 157 Å². The standard InChI is InChI=1S/C20H24N4O3/c25-17-2-1-7-24-18(17)21-8-16(20(24)27)19(26)23-11-14-5-6-15(12-23)22(10-14)9-13-3-4-13/h1-2,7-8,13-15,25H,3-6,9-12H2/t14-,15-/m0/s1. The van der Waals surface area contributed by atoms with E-state index in [1.807, 2.05) is 4.90 Å². The Balaban J connectivity index is 1.43. The van der Waals surface area contributed by atoms with Crippen molar-refractivity contribution < 1.29 is 9.90 Å². The van der Waals surface area contributed by atoms with Gasteiger partial charge in [0.2, 0.25) is 0 Å². The van der Waals surface area contributed by atoms with Gasteiger partial charge in [-0.05, 0) is 49.7 Å². The van der Waals surface area contributed by atoms with Crippen LogP contribution < -0.4 is 5.56 Å². The first-order valence-electron chi connectivity index (χ1n) is 9.83. The summed E-state index contributed by atoms with van der Waals surface area (Å²) in [4.78, 5) is 34.5. The van der Waals surface area contributed by atoms with Crippen molar-refractivity contribution in [2.24, 2.45) is 11.8 Å². The molecule has 3 saturated heterocycles. The van der Waals surface area contributed by atoms with Crippen LogP contribution in [0, 0.1) is 11.8 Å². The van der Waals surface area contributed by atoms with Crippen molar-refractivity contribution in [2.45, 2.75) is 31.7 Å². The number of nitrogens with zero attached hydrogens (tertiary/aromatic N) is 4. The number of hydrogen-bond acceptors (Lipinski definition) is 5. The number of fused-ring (bicyclic) bond motifs is 5. The summed E-state index contributed by atoms with van der Waals surface area (Å²) in [7, 11) is 0. The van der Waals surface area contributed by atoms with E-state index in [1.54, 1.807) is 6.07 Å². The molecule has 2 bridgehead atoms. The fraction of sp³-hybridized carbons (Fsp3) is 0.550. The maximum absolute atomic E-state index is 13.2. The Bertz CT molecular complexity index is 952. The summed E-state index contributed by atoms with van der Waals surface area (Å²) in [6.07, 6.45) is 7.80. The number of aromatic nitrogens is 2. The normalized spacial score (nSPS) is 25.7. The van der Waals surface area contributed by atoms with Crippen LogP contribution in [0.1, 0.15) is 36.0 Å². The quantitative estimate of drug-likeness (QED) is 0.885. The number of piperidine rings is 1. The van der Waals surface area contributed by atoms with Gasteiger partial charge in [0.1, 0.15) is 5.56 Å². The molecule has 3 aliphatic heterocycles. The summed E-state index contributed by atoms with van der Waals surface area (Å²) < 4.78 is 1.24. The first kappa shape index (κ1) is 16.7. The van der Waals surface area contributed by atoms with Gasteiger partial charge in [0, 0.05) is 44.6 Å². The highest BCUT2D eigenvalue weighted by atomic mass is 16.3. The highest BCUT2D eigenvalue weighted by Crippen LogP contribution is 2.35. The third kappa shape index (κ3) is 3.00. The lowest BCUT2D eigenvalue weighted by Crippen LogP contribution is -2.45. The molecule has 2 aromatic rings. The molecule has 0 unspecified atom stereocenters. The molecule has 1 aliphatic carbocycles. The predicted octanol–water partition coefficient (Wildman–Crippen LogP) is 1.35. The van der Waals surface area contributed by atoms with Gasteiger partial charge in [-0.15, -0.1) is 0 Å². The Kier molecular flexibility index (Phi) is 3.93. The zero-order chi connectivity index (χ0) is 18.5. The molecule has 0 radical (unpaired) electrons. The lowest BCUT2D eigenvalue weighted by molar-refractivity contribution is 0.0734. The van der Waals surface area contributed by atoms with Crippen LogP contribution in [0.15, 0.2) is 29.3 Å². The van der Waals surface area contributed by atoms with Gasteiger partial charge in [-0.2, -0.15) is 0 Å². The Morgan fingerprint density at radius 3 is 2.85 bits per heavy atom. The van der Waals surface area contributed by atoms with E-state index >= 15 is 0 Å². The van der Waals surface area contributed by atoms with Gasteiger partial charge in [0.25, 0.3) is 11.5 Å². The highest BCUT2D eigenvalue weighted by Gasteiger charge is 2.39. The van der Waals surface area contributed by atoms with E-state index < -0.39 is 5.56 Å². The Morgan fingerprint density at radius 1 is 1.19 bits per heavy atom. The van der Waals surface area contributed by atoms with Crippen molar-refractivity contribution >= 4 is 11.6 Å². The molecule has 6 rings (SSSR count). The van der Waals surface area contributed by atoms with Crippen LogP contribution in [0.4, 0.5) is 0 Å². The number of carbonyl (C=O) groups excluding carboxylic acids is 1. The summed E-state index contributed by atoms with van der Waals surface area (Å²) in [5, 5.41) is 9.87. The zero-order valence-electron chi connectivity index (χ0n) is 15.3. The monoisotopic (exact) mass is 368 g/mol. The molecule has 0 aromatic carbocycles. The molecular weight excluding hydrogens is 344 g/mol. The van der Waals surface area contributed by atoms with Crippen LogP contribution in [-0.2, 0) is 0 Å². The van der Waals surface area contributed by atoms with E-state index in [0.717, 1.165) is 31.8 Å². The lowest BCUT2D eigenvalue weighted by atomic mass is 9.95. The molecule has 1 saturated carbocycles. The van der Waals surface area contributed by atoms with Crippen molar-refractivity contribution in [3.63, 3.8) is 0 Å². The van der Waals surface area contributed by atoms with Gasteiger partial charge in [-0.25, -0.2) is 4.98 Å². The molecule has 0 spiro atoms. The molecular formula is C20H24N4O3. The number of carbonyl (C=O) groups is 1. The lowest BCUT2D eigenvalue weighted by Gasteiger charge is -2.36. The van der Waals surface area contributed by atoms with Gasteiger partial charge in [0.05, 0.1) is 0 Å². The second-order valence-electron chi connectivity index (χ2n) is 8.27. The SMILES string of the molecule is O=C(c1cnc2c(O)cccn2c1=O)N1C[C@H]2CC[C@@H](C1)N(CC1CC1)C2. The van der Waals surface area contributed by atoms with Gasteiger partial charge < -0.3 is 10.0 Å². The molecule has 5 heterocycles. The zero-order valence-corrected chi connectivity index (χ0v) is 15.3. The number of aromatic hydroxyl groups is 1. The van der Waals surface area contributed by atoms with Crippen molar-refractivity contribution in [1.29, 1.82) is 0 Å². The number of hydrogen-bond donors (Lipinski definition) is 1. The predicted molar refractivity (Wildman–Crippen MR) is 99.8 cm³/mol. The van der Waals surface area contributed by atoms with Crippen molar-refractivity contribution in [2.75, 3.05) is 26.2 Å². The van der Waals surface area contributed by atoms with E-state index in [-0.39, 0.29) is 22.9 Å². The molecule has 7 heteroatoms. The van der Waals surface area contributed by atoms with E-state index in [9.17, 15) is 14.7 Å². The Morgan fingerprint density at radius 2 is 2.04 bits per heavy atom. The van der Waals surface area contributed by atoms with Crippen LogP contribution in [0.2, 0.25) is 0 Å².